The second kappa shape index (κ2) is 10.6. The number of nitrogens with one attached hydrogen (secondary N) is 2. The van der Waals surface area contributed by atoms with Gasteiger partial charge < -0.3 is 35.0 Å². The van der Waals surface area contributed by atoms with Crippen molar-refractivity contribution in [3.63, 3.8) is 0 Å². The zero-order valence-electron chi connectivity index (χ0n) is 20.1. The van der Waals surface area contributed by atoms with Gasteiger partial charge in [-0.05, 0) is 19.9 Å². The summed E-state index contributed by atoms with van der Waals surface area (Å²) in [6.45, 7) is 5.18. The highest BCUT2D eigenvalue weighted by Crippen LogP contribution is 2.60. The van der Waals surface area contributed by atoms with E-state index in [2.05, 4.69) is 35.7 Å². The number of anilines is 1. The predicted molar refractivity (Wildman–Crippen MR) is 126 cm³/mol. The quantitative estimate of drug-likeness (QED) is 0.130. The van der Waals surface area contributed by atoms with Crippen LogP contribution in [0, 0.1) is 0 Å². The van der Waals surface area contributed by atoms with Crippen LogP contribution < -0.4 is 16.6 Å². The maximum Gasteiger partial charge on any atom is 0.481 e. The molecule has 210 valence electrons. The number of carbonyl (C=O) groups is 1. The van der Waals surface area contributed by atoms with E-state index in [-0.39, 0.29) is 23.7 Å². The van der Waals surface area contributed by atoms with Crippen LogP contribution in [0.3, 0.4) is 0 Å². The van der Waals surface area contributed by atoms with Gasteiger partial charge >= 0.3 is 15.6 Å². The van der Waals surface area contributed by atoms with Crippen molar-refractivity contribution >= 4 is 38.7 Å². The first-order valence-corrected chi connectivity index (χ1v) is 14.0. The molecule has 2 saturated heterocycles. The van der Waals surface area contributed by atoms with Gasteiger partial charge in [0.1, 0.15) is 18.3 Å². The summed E-state index contributed by atoms with van der Waals surface area (Å²) in [5, 5.41) is 2.28. The van der Waals surface area contributed by atoms with E-state index in [4.69, 9.17) is 24.5 Å². The maximum absolute atomic E-state index is 12.4. The van der Waals surface area contributed by atoms with Gasteiger partial charge in [-0.25, -0.2) is 14.1 Å². The number of nitrogens with two attached hydrogens (primary N) is 1. The average Bonchev–Trinajstić information content (AvgIpc) is 3.45. The van der Waals surface area contributed by atoms with Gasteiger partial charge in [0.25, 0.3) is 5.56 Å². The molecule has 6 N–H and O–H groups in total. The lowest BCUT2D eigenvalue weighted by Gasteiger charge is -2.25. The Labute approximate surface area is 214 Å². The molecule has 2 aliphatic rings. The van der Waals surface area contributed by atoms with Crippen LogP contribution in [-0.2, 0) is 41.5 Å². The minimum absolute atomic E-state index is 0.00626. The van der Waals surface area contributed by atoms with Crippen LogP contribution >= 0.6 is 15.6 Å². The van der Waals surface area contributed by atoms with Gasteiger partial charge in [-0.1, -0.05) is 6.58 Å². The van der Waals surface area contributed by atoms with E-state index in [1.807, 2.05) is 0 Å². The van der Waals surface area contributed by atoms with Crippen molar-refractivity contribution in [2.45, 2.75) is 44.2 Å². The third-order valence-electron chi connectivity index (χ3n) is 5.30. The number of nitrogen functional groups attached to an aromatic ring is 1. The number of hydrogen-bond acceptors (Lipinski definition) is 13. The summed E-state index contributed by atoms with van der Waals surface area (Å²) in [6.07, 6.45) is -1.37. The summed E-state index contributed by atoms with van der Waals surface area (Å²) in [4.78, 5) is 53.4. The molecule has 4 heterocycles. The SMILES string of the molecule is C=CC(=O)NCCOP(=O)(O)OP(=O)(O)OC[C@H]1O[C@@H](n2cnc3c(=O)[nH]c(N)nc32)[C@@H]2OC(C)(C)O[C@@H]21. The van der Waals surface area contributed by atoms with Gasteiger partial charge in [0.05, 0.1) is 19.5 Å². The number of aromatic amines is 1. The Morgan fingerprint density at radius 2 is 2.00 bits per heavy atom. The number of nitrogens with zero attached hydrogens (tertiary/aromatic N) is 3. The molecular formula is C18H26N6O12P2. The summed E-state index contributed by atoms with van der Waals surface area (Å²) in [5.41, 5.74) is 5.19. The fourth-order valence-electron chi connectivity index (χ4n) is 3.90. The van der Waals surface area contributed by atoms with Gasteiger partial charge in [-0.2, -0.15) is 9.29 Å². The van der Waals surface area contributed by atoms with Crippen LogP contribution in [0.15, 0.2) is 23.8 Å². The number of amides is 1. The van der Waals surface area contributed by atoms with E-state index in [9.17, 15) is 28.5 Å². The van der Waals surface area contributed by atoms with Crippen LogP contribution in [0.4, 0.5) is 5.95 Å². The van der Waals surface area contributed by atoms with Crippen molar-refractivity contribution in [3.05, 3.63) is 29.3 Å². The molecule has 0 spiro atoms. The second-order valence-corrected chi connectivity index (χ2v) is 11.6. The van der Waals surface area contributed by atoms with E-state index < -0.39 is 70.7 Å². The first-order chi connectivity index (χ1) is 17.7. The summed E-state index contributed by atoms with van der Waals surface area (Å²) >= 11 is 0. The number of fused-ring (bicyclic) bond motifs is 2. The number of hydrogen-bond donors (Lipinski definition) is 5. The monoisotopic (exact) mass is 580 g/mol. The minimum Gasteiger partial charge on any atom is -0.369 e. The number of H-pyrrole nitrogens is 1. The van der Waals surface area contributed by atoms with Crippen molar-refractivity contribution in [2.75, 3.05) is 25.5 Å². The number of carbonyl (C=O) groups excluding carboxylic acids is 1. The summed E-state index contributed by atoms with van der Waals surface area (Å²) < 4.78 is 57.3. The smallest absolute Gasteiger partial charge is 0.369 e. The van der Waals surface area contributed by atoms with Crippen LogP contribution in [0.2, 0.25) is 0 Å². The normalized spacial score (nSPS) is 27.5. The van der Waals surface area contributed by atoms with Crippen molar-refractivity contribution in [1.82, 2.24) is 24.8 Å². The number of phosphoric ester groups is 2. The molecule has 2 fully saturated rings. The lowest BCUT2D eigenvalue weighted by Crippen LogP contribution is -2.32. The van der Waals surface area contributed by atoms with Gasteiger partial charge in [0, 0.05) is 6.54 Å². The molecule has 1 amide bonds. The van der Waals surface area contributed by atoms with Crippen molar-refractivity contribution in [1.29, 1.82) is 0 Å². The number of rotatable bonds is 11. The van der Waals surface area contributed by atoms with Crippen LogP contribution in [0.5, 0.6) is 0 Å². The van der Waals surface area contributed by atoms with Crippen LogP contribution in [0.1, 0.15) is 20.1 Å². The molecule has 0 aliphatic carbocycles. The first kappa shape index (κ1) is 28.5. The molecule has 4 rings (SSSR count). The second-order valence-electron chi connectivity index (χ2n) is 8.55. The molecule has 0 aromatic carbocycles. The van der Waals surface area contributed by atoms with E-state index in [0.717, 1.165) is 6.08 Å². The van der Waals surface area contributed by atoms with Gasteiger partial charge in [-0.15, -0.1) is 0 Å². The summed E-state index contributed by atoms with van der Waals surface area (Å²) in [7, 11) is -10.2. The molecule has 0 bridgehead atoms. The van der Waals surface area contributed by atoms with Crippen LogP contribution in [0.25, 0.3) is 11.2 Å². The summed E-state index contributed by atoms with van der Waals surface area (Å²) in [5.74, 6) is -1.78. The van der Waals surface area contributed by atoms with E-state index in [1.54, 1.807) is 13.8 Å². The van der Waals surface area contributed by atoms with Crippen molar-refractivity contribution < 1.29 is 51.3 Å². The highest BCUT2D eigenvalue weighted by atomic mass is 31.3. The van der Waals surface area contributed by atoms with E-state index in [1.165, 1.54) is 10.9 Å². The van der Waals surface area contributed by atoms with Crippen LogP contribution in [-0.4, -0.2) is 79.1 Å². The molecule has 18 nitrogen and oxygen atoms in total. The molecule has 2 aliphatic heterocycles. The Kier molecular flexibility index (Phi) is 7.94. The zero-order valence-corrected chi connectivity index (χ0v) is 21.9. The minimum atomic E-state index is -5.15. The van der Waals surface area contributed by atoms with E-state index in [0.29, 0.717) is 0 Å². The zero-order chi connectivity index (χ0) is 27.9. The average molecular weight is 580 g/mol. The lowest BCUT2D eigenvalue weighted by atomic mass is 10.1. The highest BCUT2D eigenvalue weighted by molar-refractivity contribution is 7.61. The Morgan fingerprint density at radius 3 is 2.71 bits per heavy atom. The standard InChI is InChI=1S/C18H26N6O12P2/c1-4-10(25)20-5-6-31-37(27,28)36-38(29,30)32-7-9-12-13(35-18(2,3)34-12)16(33-9)24-8-21-11-14(24)22-17(19)23-15(11)26/h4,8-9,12-13,16H,1,5-7H2,2-3H3,(H,20,25)(H,27,28)(H,29,30)(H3,19,22,23,26)/t9-,12-,13-,16-/m1/s1. The lowest BCUT2D eigenvalue weighted by molar-refractivity contribution is -0.199. The van der Waals surface area contributed by atoms with Crippen molar-refractivity contribution in [3.8, 4) is 0 Å². The molecule has 0 radical (unpaired) electrons. The predicted octanol–water partition coefficient (Wildman–Crippen LogP) is -0.328. The molecule has 2 aromatic heterocycles. The topological polar surface area (TPSA) is 249 Å². The number of phosphoric acid groups is 2. The third kappa shape index (κ3) is 6.38. The molecule has 20 heteroatoms. The van der Waals surface area contributed by atoms with Crippen molar-refractivity contribution in [2.24, 2.45) is 0 Å². The Balaban J connectivity index is 1.44. The number of ether oxygens (including phenoxy) is 3. The first-order valence-electron chi connectivity index (χ1n) is 11.0. The fraction of sp³-hybridized carbons (Fsp3) is 0.556. The molecule has 38 heavy (non-hydrogen) atoms. The summed E-state index contributed by atoms with van der Waals surface area (Å²) in [6, 6.07) is 0. The molecule has 6 atom stereocenters. The van der Waals surface area contributed by atoms with Gasteiger partial charge in [-0.3, -0.25) is 28.2 Å². The molecular weight excluding hydrogens is 554 g/mol. The Morgan fingerprint density at radius 1 is 1.32 bits per heavy atom. The number of imidazole rings is 1. The Hall–Kier alpha value is -2.50. The van der Waals surface area contributed by atoms with Gasteiger partial charge in [0.15, 0.2) is 23.2 Å². The van der Waals surface area contributed by atoms with E-state index >= 15 is 0 Å². The largest absolute Gasteiger partial charge is 0.481 e. The Bertz CT molecular complexity index is 1380. The molecule has 2 aromatic rings. The highest BCUT2D eigenvalue weighted by Gasteiger charge is 2.56. The number of aromatic nitrogens is 4. The maximum atomic E-state index is 12.4. The molecule has 2 unspecified atom stereocenters. The fourth-order valence-corrected chi connectivity index (χ4v) is 5.98. The molecule has 0 saturated carbocycles. The third-order valence-corrected chi connectivity index (χ3v) is 7.93. The van der Waals surface area contributed by atoms with Gasteiger partial charge in [0.2, 0.25) is 11.9 Å².